The average Bonchev–Trinajstić information content (AvgIpc) is 3.32. The van der Waals surface area contributed by atoms with Gasteiger partial charge < -0.3 is 4.74 Å². The van der Waals surface area contributed by atoms with Gasteiger partial charge in [-0.15, -0.1) is 0 Å². The summed E-state index contributed by atoms with van der Waals surface area (Å²) < 4.78 is 7.95. The van der Waals surface area contributed by atoms with Crippen molar-refractivity contribution in [3.05, 3.63) is 66.2 Å². The second kappa shape index (κ2) is 7.16. The number of rotatable bonds is 5. The number of fused-ring (bicyclic) bond motifs is 1. The molecule has 0 saturated heterocycles. The van der Waals surface area contributed by atoms with Crippen LogP contribution >= 0.6 is 11.3 Å². The number of carbonyl (C=O) groups excluding carboxylic acids is 1. The third-order valence-corrected chi connectivity index (χ3v) is 5.09. The highest BCUT2D eigenvalue weighted by atomic mass is 32.1. The number of hydrogen-bond acceptors (Lipinski definition) is 6. The summed E-state index contributed by atoms with van der Waals surface area (Å²) in [5, 5.41) is 4.82. The largest absolute Gasteiger partial charge is 0.494 e. The molecule has 27 heavy (non-hydrogen) atoms. The summed E-state index contributed by atoms with van der Waals surface area (Å²) in [5.41, 5.74) is 1.87. The summed E-state index contributed by atoms with van der Waals surface area (Å²) in [6.45, 7) is 0.304. The van der Waals surface area contributed by atoms with E-state index in [1.165, 1.54) is 11.3 Å². The quantitative estimate of drug-likeness (QED) is 0.532. The predicted molar refractivity (Wildman–Crippen MR) is 104 cm³/mol. The van der Waals surface area contributed by atoms with Crippen LogP contribution in [-0.2, 0) is 13.6 Å². The van der Waals surface area contributed by atoms with Crippen molar-refractivity contribution in [2.24, 2.45) is 7.05 Å². The van der Waals surface area contributed by atoms with Gasteiger partial charge in [0.1, 0.15) is 11.3 Å². The van der Waals surface area contributed by atoms with Crippen LogP contribution in [0.3, 0.4) is 0 Å². The molecule has 3 aromatic heterocycles. The Morgan fingerprint density at radius 1 is 1.22 bits per heavy atom. The fourth-order valence-corrected chi connectivity index (χ4v) is 3.72. The highest BCUT2D eigenvalue weighted by Crippen LogP contribution is 2.35. The van der Waals surface area contributed by atoms with E-state index in [0.717, 1.165) is 15.9 Å². The number of benzene rings is 1. The van der Waals surface area contributed by atoms with Crippen LogP contribution in [0.15, 0.2) is 54.9 Å². The first kappa shape index (κ1) is 17.2. The van der Waals surface area contributed by atoms with Crippen molar-refractivity contribution in [1.82, 2.24) is 19.7 Å². The van der Waals surface area contributed by atoms with Gasteiger partial charge in [-0.25, -0.2) is 4.98 Å². The number of thiazole rings is 1. The minimum atomic E-state index is -0.223. The van der Waals surface area contributed by atoms with Gasteiger partial charge in [0.2, 0.25) is 0 Å². The van der Waals surface area contributed by atoms with Gasteiger partial charge in [-0.3, -0.25) is 19.4 Å². The maximum atomic E-state index is 13.2. The van der Waals surface area contributed by atoms with Crippen molar-refractivity contribution in [3.63, 3.8) is 0 Å². The fourth-order valence-electron chi connectivity index (χ4n) is 2.74. The molecule has 7 nitrogen and oxygen atoms in total. The van der Waals surface area contributed by atoms with Crippen LogP contribution in [0, 0.1) is 0 Å². The van der Waals surface area contributed by atoms with Crippen molar-refractivity contribution < 1.29 is 9.53 Å². The van der Waals surface area contributed by atoms with Crippen molar-refractivity contribution in [3.8, 4) is 5.75 Å². The molecule has 0 aliphatic carbocycles. The van der Waals surface area contributed by atoms with E-state index < -0.39 is 0 Å². The number of hydrogen-bond donors (Lipinski definition) is 0. The van der Waals surface area contributed by atoms with E-state index in [1.807, 2.05) is 36.4 Å². The molecule has 4 aromatic rings. The van der Waals surface area contributed by atoms with E-state index >= 15 is 0 Å². The first-order valence-electron chi connectivity index (χ1n) is 8.30. The number of pyridine rings is 1. The van der Waals surface area contributed by atoms with Gasteiger partial charge in [0.25, 0.3) is 5.91 Å². The minimum absolute atomic E-state index is 0.223. The minimum Gasteiger partial charge on any atom is -0.494 e. The van der Waals surface area contributed by atoms with Crippen LogP contribution in [0.1, 0.15) is 16.2 Å². The molecule has 0 unspecified atom stereocenters. The Kier molecular flexibility index (Phi) is 4.55. The van der Waals surface area contributed by atoms with Gasteiger partial charge in [-0.1, -0.05) is 23.5 Å². The maximum absolute atomic E-state index is 13.2. The van der Waals surface area contributed by atoms with Crippen molar-refractivity contribution in [2.45, 2.75) is 6.54 Å². The molecule has 0 aliphatic rings. The lowest BCUT2D eigenvalue weighted by Crippen LogP contribution is -2.31. The molecular formula is C19H17N5O2S. The van der Waals surface area contributed by atoms with E-state index in [9.17, 15) is 4.79 Å². The maximum Gasteiger partial charge on any atom is 0.280 e. The Labute approximate surface area is 159 Å². The Bertz CT molecular complexity index is 1090. The molecule has 8 heteroatoms. The monoisotopic (exact) mass is 379 g/mol. The molecule has 0 atom stereocenters. The second-order valence-corrected chi connectivity index (χ2v) is 6.90. The number of carbonyl (C=O) groups is 1. The Morgan fingerprint density at radius 2 is 2.11 bits per heavy atom. The Balaban J connectivity index is 1.78. The first-order chi connectivity index (χ1) is 13.2. The Morgan fingerprint density at radius 3 is 2.81 bits per heavy atom. The molecular weight excluding hydrogens is 362 g/mol. The molecule has 3 heterocycles. The predicted octanol–water partition coefficient (Wildman–Crippen LogP) is 3.28. The number of amides is 1. The summed E-state index contributed by atoms with van der Waals surface area (Å²) in [5.74, 6) is 0.456. The van der Waals surface area contributed by atoms with Gasteiger partial charge in [0, 0.05) is 19.4 Å². The third-order valence-electron chi connectivity index (χ3n) is 4.05. The van der Waals surface area contributed by atoms with E-state index in [4.69, 9.17) is 4.74 Å². The number of ether oxygens (including phenoxy) is 1. The number of anilines is 1. The Hall–Kier alpha value is -3.26. The number of para-hydroxylation sites is 1. The van der Waals surface area contributed by atoms with Crippen LogP contribution in [0.5, 0.6) is 5.75 Å². The average molecular weight is 379 g/mol. The van der Waals surface area contributed by atoms with Gasteiger partial charge in [-0.2, -0.15) is 5.10 Å². The number of aromatic nitrogens is 4. The van der Waals surface area contributed by atoms with Crippen molar-refractivity contribution in [2.75, 3.05) is 12.0 Å². The normalized spacial score (nSPS) is 10.9. The van der Waals surface area contributed by atoms with Gasteiger partial charge >= 0.3 is 0 Å². The molecule has 0 N–H and O–H groups in total. The molecule has 136 valence electrons. The molecule has 4 rings (SSSR count). The molecule has 0 spiro atoms. The number of methoxy groups -OCH3 is 1. The van der Waals surface area contributed by atoms with Crippen molar-refractivity contribution in [1.29, 1.82) is 0 Å². The summed E-state index contributed by atoms with van der Waals surface area (Å²) in [6, 6.07) is 13.0. The van der Waals surface area contributed by atoms with E-state index in [2.05, 4.69) is 15.1 Å². The van der Waals surface area contributed by atoms with Crippen LogP contribution in [0.25, 0.3) is 10.2 Å². The van der Waals surface area contributed by atoms with Crippen LogP contribution < -0.4 is 9.64 Å². The van der Waals surface area contributed by atoms with Crippen molar-refractivity contribution >= 4 is 32.6 Å². The lowest BCUT2D eigenvalue weighted by Gasteiger charge is -2.18. The molecule has 1 aromatic carbocycles. The van der Waals surface area contributed by atoms with Crippen LogP contribution in [0.2, 0.25) is 0 Å². The van der Waals surface area contributed by atoms with Gasteiger partial charge in [0.05, 0.1) is 24.0 Å². The summed E-state index contributed by atoms with van der Waals surface area (Å²) >= 11 is 1.44. The number of nitrogens with zero attached hydrogens (tertiary/aromatic N) is 5. The van der Waals surface area contributed by atoms with E-state index in [-0.39, 0.29) is 5.91 Å². The zero-order valence-electron chi connectivity index (χ0n) is 14.9. The summed E-state index contributed by atoms with van der Waals surface area (Å²) in [4.78, 5) is 23.8. The fraction of sp³-hybridized carbons (Fsp3) is 0.158. The summed E-state index contributed by atoms with van der Waals surface area (Å²) in [6.07, 6.45) is 3.45. The second-order valence-electron chi connectivity index (χ2n) is 5.89. The molecule has 0 bridgehead atoms. The number of aryl methyl sites for hydroxylation is 1. The van der Waals surface area contributed by atoms with E-state index in [0.29, 0.717) is 23.1 Å². The standard InChI is InChI=1S/C19H17N5O2S/c1-23-11-9-14(22-23)18(25)24(12-13-6-3-4-10-20-13)19-21-17-15(26-2)7-5-8-16(17)27-19/h3-11H,12H2,1-2H3. The molecule has 0 saturated carbocycles. The lowest BCUT2D eigenvalue weighted by atomic mass is 10.3. The third kappa shape index (κ3) is 3.39. The highest BCUT2D eigenvalue weighted by molar-refractivity contribution is 7.22. The topological polar surface area (TPSA) is 73.1 Å². The molecule has 0 radical (unpaired) electrons. The van der Waals surface area contributed by atoms with E-state index in [1.54, 1.807) is 42.2 Å². The smallest absolute Gasteiger partial charge is 0.280 e. The van der Waals surface area contributed by atoms with Gasteiger partial charge in [0.15, 0.2) is 10.8 Å². The SMILES string of the molecule is COc1cccc2sc(N(Cc3ccccn3)C(=O)c3ccn(C)n3)nc12. The zero-order valence-corrected chi connectivity index (χ0v) is 15.7. The molecule has 0 fully saturated rings. The molecule has 1 amide bonds. The van der Waals surface area contributed by atoms with Gasteiger partial charge in [-0.05, 0) is 30.3 Å². The zero-order chi connectivity index (χ0) is 18.8. The van der Waals surface area contributed by atoms with Crippen LogP contribution in [-0.4, -0.2) is 32.8 Å². The molecule has 0 aliphatic heterocycles. The van der Waals surface area contributed by atoms with Crippen LogP contribution in [0.4, 0.5) is 5.13 Å². The lowest BCUT2D eigenvalue weighted by molar-refractivity contribution is 0.0979. The summed E-state index contributed by atoms with van der Waals surface area (Å²) in [7, 11) is 3.39. The highest BCUT2D eigenvalue weighted by Gasteiger charge is 2.24. The first-order valence-corrected chi connectivity index (χ1v) is 9.12.